The van der Waals surface area contributed by atoms with Gasteiger partial charge in [0.15, 0.2) is 0 Å². The summed E-state index contributed by atoms with van der Waals surface area (Å²) in [6, 6.07) is 15.2. The van der Waals surface area contributed by atoms with Gasteiger partial charge in [-0.05, 0) is 42.7 Å². The van der Waals surface area contributed by atoms with Gasteiger partial charge in [0.2, 0.25) is 0 Å². The lowest BCUT2D eigenvalue weighted by Crippen LogP contribution is -2.36. The number of nitrogens with one attached hydrogen (secondary N) is 1. The number of benzene rings is 2. The minimum absolute atomic E-state index is 0.0549. The maximum atomic E-state index is 12.4. The van der Waals surface area contributed by atoms with E-state index in [0.717, 1.165) is 56.8 Å². The van der Waals surface area contributed by atoms with Crippen LogP contribution in [0.2, 0.25) is 0 Å². The molecule has 1 aliphatic rings. The minimum atomic E-state index is -0.0549. The SMILES string of the molecule is Nc1ccccc1CC(=O)CCCCCNC(=O)c1cccc(N2CCOCC2)c1. The fourth-order valence-electron chi connectivity index (χ4n) is 3.59. The summed E-state index contributed by atoms with van der Waals surface area (Å²) in [5, 5.41) is 2.98. The zero-order chi connectivity index (χ0) is 21.2. The molecule has 0 aromatic heterocycles. The number of morpholine rings is 1. The molecule has 0 saturated carbocycles. The summed E-state index contributed by atoms with van der Waals surface area (Å²) < 4.78 is 5.39. The Morgan fingerprint density at radius 2 is 1.80 bits per heavy atom. The zero-order valence-corrected chi connectivity index (χ0v) is 17.4. The number of nitrogens with two attached hydrogens (primary N) is 1. The van der Waals surface area contributed by atoms with Gasteiger partial charge >= 0.3 is 0 Å². The Balaban J connectivity index is 1.33. The Morgan fingerprint density at radius 3 is 2.60 bits per heavy atom. The summed E-state index contributed by atoms with van der Waals surface area (Å²) in [5.74, 6) is 0.151. The van der Waals surface area contributed by atoms with E-state index < -0.39 is 0 Å². The van der Waals surface area contributed by atoms with Crippen LogP contribution < -0.4 is 16.0 Å². The van der Waals surface area contributed by atoms with E-state index in [-0.39, 0.29) is 11.7 Å². The van der Waals surface area contributed by atoms with E-state index in [1.54, 1.807) is 0 Å². The van der Waals surface area contributed by atoms with Gasteiger partial charge in [-0.3, -0.25) is 9.59 Å². The van der Waals surface area contributed by atoms with Gasteiger partial charge in [-0.1, -0.05) is 30.7 Å². The zero-order valence-electron chi connectivity index (χ0n) is 17.4. The number of nitrogen functional groups attached to an aromatic ring is 1. The topological polar surface area (TPSA) is 84.7 Å². The first-order valence-electron chi connectivity index (χ1n) is 10.7. The number of nitrogens with zero attached hydrogens (tertiary/aromatic N) is 1. The number of hydrogen-bond donors (Lipinski definition) is 2. The number of Topliss-reactive ketones (excluding diaryl/α,β-unsaturated/α-hetero) is 1. The van der Waals surface area contributed by atoms with Gasteiger partial charge in [0.1, 0.15) is 5.78 Å². The quantitative estimate of drug-likeness (QED) is 0.465. The number of ether oxygens (including phenoxy) is 1. The molecule has 2 aromatic carbocycles. The van der Waals surface area contributed by atoms with Gasteiger partial charge in [0, 0.05) is 49.4 Å². The van der Waals surface area contributed by atoms with Crippen molar-refractivity contribution in [2.24, 2.45) is 0 Å². The monoisotopic (exact) mass is 409 g/mol. The molecule has 3 N–H and O–H groups in total. The van der Waals surface area contributed by atoms with Crippen molar-refractivity contribution < 1.29 is 14.3 Å². The van der Waals surface area contributed by atoms with Crippen LogP contribution in [-0.2, 0) is 16.0 Å². The van der Waals surface area contributed by atoms with Crippen LogP contribution in [0.15, 0.2) is 48.5 Å². The van der Waals surface area contributed by atoms with E-state index in [0.29, 0.717) is 30.6 Å². The van der Waals surface area contributed by atoms with Gasteiger partial charge < -0.3 is 20.7 Å². The van der Waals surface area contributed by atoms with Gasteiger partial charge in [-0.25, -0.2) is 0 Å². The standard InChI is InChI=1S/C24H31N3O3/c25-23-11-4-3-7-19(23)18-22(28)10-2-1-5-12-26-24(29)20-8-6-9-21(17-20)27-13-15-30-16-14-27/h3-4,6-9,11,17H,1-2,5,10,12-16,18,25H2,(H,26,29). The summed E-state index contributed by atoms with van der Waals surface area (Å²) >= 11 is 0. The Labute approximate surface area is 178 Å². The average Bonchev–Trinajstić information content (AvgIpc) is 2.78. The minimum Gasteiger partial charge on any atom is -0.398 e. The van der Waals surface area contributed by atoms with Gasteiger partial charge in [-0.2, -0.15) is 0 Å². The molecule has 1 saturated heterocycles. The highest BCUT2D eigenvalue weighted by atomic mass is 16.5. The van der Waals surface area contributed by atoms with E-state index in [9.17, 15) is 9.59 Å². The van der Waals surface area contributed by atoms with Crippen molar-refractivity contribution >= 4 is 23.1 Å². The number of anilines is 2. The number of ketones is 1. The molecule has 6 nitrogen and oxygen atoms in total. The van der Waals surface area contributed by atoms with E-state index in [2.05, 4.69) is 10.2 Å². The number of carbonyl (C=O) groups is 2. The molecule has 6 heteroatoms. The van der Waals surface area contributed by atoms with Crippen molar-refractivity contribution in [1.82, 2.24) is 5.32 Å². The average molecular weight is 410 g/mol. The largest absolute Gasteiger partial charge is 0.398 e. The fraction of sp³-hybridized carbons (Fsp3) is 0.417. The van der Waals surface area contributed by atoms with Gasteiger partial charge in [-0.15, -0.1) is 0 Å². The molecule has 0 atom stereocenters. The molecule has 3 rings (SSSR count). The number of unbranched alkanes of at least 4 members (excludes halogenated alkanes) is 2. The summed E-state index contributed by atoms with van der Waals surface area (Å²) in [6.45, 7) is 3.75. The van der Waals surface area contributed by atoms with Crippen molar-refractivity contribution in [2.75, 3.05) is 43.5 Å². The molecule has 0 unspecified atom stereocenters. The molecule has 0 aliphatic carbocycles. The van der Waals surface area contributed by atoms with Crippen LogP contribution in [0.25, 0.3) is 0 Å². The molecular weight excluding hydrogens is 378 g/mol. The molecule has 1 fully saturated rings. The first-order valence-corrected chi connectivity index (χ1v) is 10.7. The molecule has 1 heterocycles. The predicted molar refractivity (Wildman–Crippen MR) is 120 cm³/mol. The van der Waals surface area contributed by atoms with Crippen molar-refractivity contribution in [2.45, 2.75) is 32.1 Å². The van der Waals surface area contributed by atoms with E-state index >= 15 is 0 Å². The van der Waals surface area contributed by atoms with Gasteiger partial charge in [0.25, 0.3) is 5.91 Å². The maximum absolute atomic E-state index is 12.4. The van der Waals surface area contributed by atoms with E-state index in [4.69, 9.17) is 10.5 Å². The van der Waals surface area contributed by atoms with Crippen molar-refractivity contribution in [3.63, 3.8) is 0 Å². The first-order chi connectivity index (χ1) is 14.6. The lowest BCUT2D eigenvalue weighted by molar-refractivity contribution is -0.118. The molecule has 0 bridgehead atoms. The lowest BCUT2D eigenvalue weighted by Gasteiger charge is -2.29. The smallest absolute Gasteiger partial charge is 0.251 e. The number of rotatable bonds is 10. The highest BCUT2D eigenvalue weighted by molar-refractivity contribution is 5.95. The molecule has 2 aromatic rings. The van der Waals surface area contributed by atoms with E-state index in [1.807, 2.05) is 48.5 Å². The summed E-state index contributed by atoms with van der Waals surface area (Å²) in [6.07, 6.45) is 3.53. The van der Waals surface area contributed by atoms with Crippen LogP contribution in [0.1, 0.15) is 41.6 Å². The van der Waals surface area contributed by atoms with Crippen molar-refractivity contribution in [3.05, 3.63) is 59.7 Å². The molecule has 30 heavy (non-hydrogen) atoms. The lowest BCUT2D eigenvalue weighted by atomic mass is 10.0. The molecule has 0 radical (unpaired) electrons. The Hall–Kier alpha value is -2.86. The normalized spacial score (nSPS) is 13.8. The van der Waals surface area contributed by atoms with Crippen molar-refractivity contribution in [3.8, 4) is 0 Å². The second-order valence-electron chi connectivity index (χ2n) is 7.63. The van der Waals surface area contributed by atoms with Crippen LogP contribution in [0.4, 0.5) is 11.4 Å². The molecule has 1 aliphatic heterocycles. The Morgan fingerprint density at radius 1 is 1.00 bits per heavy atom. The third kappa shape index (κ3) is 6.59. The molecular formula is C24H31N3O3. The Kier molecular flexibility index (Phi) is 8.27. The molecule has 160 valence electrons. The number of para-hydroxylation sites is 1. The predicted octanol–water partition coefficient (Wildman–Crippen LogP) is 3.21. The third-order valence-electron chi connectivity index (χ3n) is 5.35. The van der Waals surface area contributed by atoms with Crippen LogP contribution in [0.3, 0.4) is 0 Å². The second kappa shape index (κ2) is 11.4. The van der Waals surface area contributed by atoms with Crippen molar-refractivity contribution in [1.29, 1.82) is 0 Å². The second-order valence-corrected chi connectivity index (χ2v) is 7.63. The fourth-order valence-corrected chi connectivity index (χ4v) is 3.59. The first kappa shape index (κ1) is 21.8. The summed E-state index contributed by atoms with van der Waals surface area (Å²) in [5.41, 5.74) is 9.19. The number of carbonyl (C=O) groups excluding carboxylic acids is 2. The maximum Gasteiger partial charge on any atom is 0.251 e. The summed E-state index contributed by atoms with van der Waals surface area (Å²) in [4.78, 5) is 26.8. The summed E-state index contributed by atoms with van der Waals surface area (Å²) in [7, 11) is 0. The number of hydrogen-bond acceptors (Lipinski definition) is 5. The highest BCUT2D eigenvalue weighted by Crippen LogP contribution is 2.18. The molecule has 0 spiro atoms. The van der Waals surface area contributed by atoms with Crippen LogP contribution in [0.5, 0.6) is 0 Å². The van der Waals surface area contributed by atoms with Gasteiger partial charge in [0.05, 0.1) is 13.2 Å². The highest BCUT2D eigenvalue weighted by Gasteiger charge is 2.13. The number of amides is 1. The Bertz CT molecular complexity index is 847. The van der Waals surface area contributed by atoms with Crippen LogP contribution >= 0.6 is 0 Å². The van der Waals surface area contributed by atoms with Crippen LogP contribution in [0, 0.1) is 0 Å². The third-order valence-corrected chi connectivity index (χ3v) is 5.35. The van der Waals surface area contributed by atoms with Crippen LogP contribution in [-0.4, -0.2) is 44.5 Å². The van der Waals surface area contributed by atoms with E-state index in [1.165, 1.54) is 0 Å². The molecule has 1 amide bonds.